The molecular formula is C33H47ClN4O2. The molecule has 0 spiro atoms. The van der Waals surface area contributed by atoms with Crippen LogP contribution < -0.4 is 10.6 Å². The van der Waals surface area contributed by atoms with E-state index in [1.54, 1.807) is 12.1 Å². The zero-order valence-corrected chi connectivity index (χ0v) is 25.0. The van der Waals surface area contributed by atoms with Gasteiger partial charge in [0.2, 0.25) is 5.91 Å². The molecule has 0 unspecified atom stereocenters. The Labute approximate surface area is 246 Å². The summed E-state index contributed by atoms with van der Waals surface area (Å²) in [4.78, 5) is 30.1. The highest BCUT2D eigenvalue weighted by atomic mass is 35.5. The van der Waals surface area contributed by atoms with E-state index in [0.29, 0.717) is 43.3 Å². The van der Waals surface area contributed by atoms with E-state index in [1.165, 1.54) is 6.20 Å². The number of nitrogens with one attached hydrogen (secondary N) is 2. The largest absolute Gasteiger partial charge is 0.355 e. The second-order valence-electron chi connectivity index (χ2n) is 9.23. The van der Waals surface area contributed by atoms with Crippen LogP contribution in [-0.4, -0.2) is 54.9 Å². The molecule has 1 heterocycles. The number of rotatable bonds is 21. The molecule has 0 aliphatic carbocycles. The van der Waals surface area contributed by atoms with E-state index in [0.717, 1.165) is 44.9 Å². The van der Waals surface area contributed by atoms with Gasteiger partial charge in [-0.3, -0.25) is 9.59 Å². The molecule has 0 aliphatic rings. The van der Waals surface area contributed by atoms with Gasteiger partial charge in [0.25, 0.3) is 5.91 Å². The van der Waals surface area contributed by atoms with Crippen molar-refractivity contribution in [3.05, 3.63) is 102 Å². The summed E-state index contributed by atoms with van der Waals surface area (Å²) >= 11 is 5.74. The number of aromatic nitrogens is 1. The smallest absolute Gasteiger partial charge is 0.252 e. The molecule has 7 heteroatoms. The molecule has 0 saturated carbocycles. The van der Waals surface area contributed by atoms with E-state index >= 15 is 0 Å². The molecule has 0 aromatic carbocycles. The summed E-state index contributed by atoms with van der Waals surface area (Å²) in [5, 5.41) is 6.16. The fraction of sp³-hybridized carbons (Fsp3) is 0.424. The number of halogens is 1. The first-order valence-electron chi connectivity index (χ1n) is 14.3. The van der Waals surface area contributed by atoms with Gasteiger partial charge in [-0.1, -0.05) is 91.4 Å². The predicted molar refractivity (Wildman–Crippen MR) is 170 cm³/mol. The van der Waals surface area contributed by atoms with Crippen molar-refractivity contribution in [1.29, 1.82) is 0 Å². The number of hydrogen-bond acceptors (Lipinski definition) is 4. The topological polar surface area (TPSA) is 74.3 Å². The van der Waals surface area contributed by atoms with E-state index in [9.17, 15) is 9.59 Å². The highest BCUT2D eigenvalue weighted by Crippen LogP contribution is 2.05. The van der Waals surface area contributed by atoms with Crippen LogP contribution >= 0.6 is 11.6 Å². The van der Waals surface area contributed by atoms with Crippen LogP contribution in [0.5, 0.6) is 0 Å². The summed E-state index contributed by atoms with van der Waals surface area (Å²) in [5.74, 6) is -0.128. The van der Waals surface area contributed by atoms with E-state index in [2.05, 4.69) is 100 Å². The Hall–Kier alpha value is -3.22. The lowest BCUT2D eigenvalue weighted by molar-refractivity contribution is -0.121. The molecule has 0 fully saturated rings. The molecule has 0 radical (unpaired) electrons. The number of allylic oxidation sites excluding steroid dienone is 12. The van der Waals surface area contributed by atoms with Gasteiger partial charge in [0, 0.05) is 38.8 Å². The van der Waals surface area contributed by atoms with Gasteiger partial charge >= 0.3 is 0 Å². The van der Waals surface area contributed by atoms with Crippen LogP contribution in [-0.2, 0) is 4.79 Å². The van der Waals surface area contributed by atoms with Gasteiger partial charge in [-0.2, -0.15) is 0 Å². The van der Waals surface area contributed by atoms with Gasteiger partial charge in [0.1, 0.15) is 5.15 Å². The van der Waals surface area contributed by atoms with Crippen molar-refractivity contribution in [2.75, 3.05) is 33.2 Å². The molecule has 6 nitrogen and oxygen atoms in total. The Morgan fingerprint density at radius 2 is 1.27 bits per heavy atom. The molecule has 0 saturated heterocycles. The first-order chi connectivity index (χ1) is 19.5. The fourth-order valence-electron chi connectivity index (χ4n) is 3.41. The Morgan fingerprint density at radius 1 is 0.775 bits per heavy atom. The van der Waals surface area contributed by atoms with E-state index in [1.807, 2.05) is 7.05 Å². The minimum absolute atomic E-state index is 0.0523. The molecular weight excluding hydrogens is 520 g/mol. The first-order valence-corrected chi connectivity index (χ1v) is 14.7. The van der Waals surface area contributed by atoms with Crippen LogP contribution in [0.25, 0.3) is 0 Å². The summed E-state index contributed by atoms with van der Waals surface area (Å²) in [5.41, 5.74) is 0.478. The molecule has 2 N–H and O–H groups in total. The highest BCUT2D eigenvalue weighted by molar-refractivity contribution is 6.29. The summed E-state index contributed by atoms with van der Waals surface area (Å²) in [6, 6.07) is 3.23. The van der Waals surface area contributed by atoms with E-state index in [-0.39, 0.29) is 11.8 Å². The summed E-state index contributed by atoms with van der Waals surface area (Å²) in [6.07, 6.45) is 34.7. The quantitative estimate of drug-likeness (QED) is 0.124. The van der Waals surface area contributed by atoms with Crippen LogP contribution in [0.3, 0.4) is 0 Å². The van der Waals surface area contributed by atoms with Crippen molar-refractivity contribution in [2.24, 2.45) is 0 Å². The van der Waals surface area contributed by atoms with Gasteiger partial charge in [0.05, 0.1) is 5.56 Å². The second kappa shape index (κ2) is 24.8. The van der Waals surface area contributed by atoms with E-state index in [4.69, 9.17) is 11.6 Å². The van der Waals surface area contributed by atoms with Crippen molar-refractivity contribution < 1.29 is 9.59 Å². The maximum absolute atomic E-state index is 12.1. The van der Waals surface area contributed by atoms with Gasteiger partial charge in [-0.05, 0) is 64.1 Å². The average Bonchev–Trinajstić information content (AvgIpc) is 2.94. The standard InChI is InChI=1S/C33H47ClN4O2/c1-3-4-5-6-7-8-9-10-11-12-13-14-15-16-17-18-19-20-21-22-32(39)35-25-27-38(2)28-26-36-33(40)30-23-24-31(34)37-29-30/h4-5,7-8,10-11,13-14,16-17,19-20,23-24,29H,3,6,9,12,15,18,21-22,25-28H2,1-2H3,(H,35,39)(H,36,40)/b5-4-,8-7-,11-10-,14-13-,17-16-,20-19-. The van der Waals surface area contributed by atoms with Crippen LogP contribution in [0.15, 0.2) is 91.2 Å². The highest BCUT2D eigenvalue weighted by Gasteiger charge is 2.06. The number of pyridine rings is 1. The zero-order chi connectivity index (χ0) is 29.1. The Balaban J connectivity index is 1.98. The Bertz CT molecular complexity index is 994. The fourth-order valence-corrected chi connectivity index (χ4v) is 3.52. The third kappa shape index (κ3) is 20.7. The normalized spacial score (nSPS) is 12.4. The third-order valence-corrected chi connectivity index (χ3v) is 5.94. The van der Waals surface area contributed by atoms with Crippen LogP contribution in [0, 0.1) is 0 Å². The molecule has 0 aliphatic heterocycles. The van der Waals surface area contributed by atoms with Crippen LogP contribution in [0.4, 0.5) is 0 Å². The monoisotopic (exact) mass is 566 g/mol. The zero-order valence-electron chi connectivity index (χ0n) is 24.2. The van der Waals surface area contributed by atoms with Crippen LogP contribution in [0.2, 0.25) is 5.15 Å². The summed E-state index contributed by atoms with van der Waals surface area (Å²) < 4.78 is 0. The molecule has 2 amide bonds. The lowest BCUT2D eigenvalue weighted by Crippen LogP contribution is -2.37. The Kier molecular flexibility index (Phi) is 21.6. The average molecular weight is 567 g/mol. The minimum atomic E-state index is -0.180. The molecule has 1 rings (SSSR count). The lowest BCUT2D eigenvalue weighted by Gasteiger charge is -2.17. The SMILES string of the molecule is CC/C=C\C/C=C\C/C=C\C/C=C\C/C=C\C/C=C\CCC(=O)NCCN(C)CCNC(=O)c1ccc(Cl)nc1. The van der Waals surface area contributed by atoms with Crippen molar-refractivity contribution >= 4 is 23.4 Å². The maximum Gasteiger partial charge on any atom is 0.252 e. The van der Waals surface area contributed by atoms with Gasteiger partial charge in [0.15, 0.2) is 0 Å². The Morgan fingerprint density at radius 3 is 1.77 bits per heavy atom. The van der Waals surface area contributed by atoms with Gasteiger partial charge < -0.3 is 15.5 Å². The number of nitrogens with zero attached hydrogens (tertiary/aromatic N) is 2. The number of carbonyl (C=O) groups excluding carboxylic acids is 2. The molecule has 0 bridgehead atoms. The van der Waals surface area contributed by atoms with Crippen LogP contribution in [0.1, 0.15) is 68.6 Å². The number of amides is 2. The van der Waals surface area contributed by atoms with Crippen molar-refractivity contribution in [3.63, 3.8) is 0 Å². The minimum Gasteiger partial charge on any atom is -0.355 e. The summed E-state index contributed by atoms with van der Waals surface area (Å²) in [6.45, 7) is 4.63. The molecule has 0 atom stereocenters. The number of likely N-dealkylation sites (N-methyl/N-ethyl adjacent to an activating group) is 1. The number of hydrogen-bond donors (Lipinski definition) is 2. The van der Waals surface area contributed by atoms with Crippen molar-refractivity contribution in [3.8, 4) is 0 Å². The van der Waals surface area contributed by atoms with Gasteiger partial charge in [-0.25, -0.2) is 4.98 Å². The predicted octanol–water partition coefficient (Wildman–Crippen LogP) is 6.99. The lowest BCUT2D eigenvalue weighted by atomic mass is 10.2. The number of carbonyl (C=O) groups is 2. The van der Waals surface area contributed by atoms with Gasteiger partial charge in [-0.15, -0.1) is 0 Å². The second-order valence-corrected chi connectivity index (χ2v) is 9.62. The molecule has 1 aromatic rings. The van der Waals surface area contributed by atoms with E-state index < -0.39 is 0 Å². The molecule has 40 heavy (non-hydrogen) atoms. The first kappa shape index (κ1) is 34.8. The van der Waals surface area contributed by atoms with Crippen molar-refractivity contribution in [2.45, 2.75) is 58.3 Å². The third-order valence-electron chi connectivity index (χ3n) is 5.72. The molecule has 218 valence electrons. The summed E-state index contributed by atoms with van der Waals surface area (Å²) in [7, 11) is 1.96. The maximum atomic E-state index is 12.1. The van der Waals surface area contributed by atoms with Crippen molar-refractivity contribution in [1.82, 2.24) is 20.5 Å². The molecule has 1 aromatic heterocycles.